The molecule has 0 bridgehead atoms. The van der Waals surface area contributed by atoms with Crippen molar-refractivity contribution in [2.24, 2.45) is 0 Å². The molecule has 1 aromatic rings. The first-order chi connectivity index (χ1) is 11.6. The van der Waals surface area contributed by atoms with Crippen molar-refractivity contribution >= 4 is 5.97 Å². The fraction of sp³-hybridized carbons (Fsp3) is 0.421. The van der Waals surface area contributed by atoms with Crippen LogP contribution < -0.4 is 0 Å². The minimum absolute atomic E-state index is 0.0402. The molecular formula is C19H24O5. The van der Waals surface area contributed by atoms with Crippen molar-refractivity contribution < 1.29 is 24.5 Å². The molecular weight excluding hydrogens is 308 g/mol. The highest BCUT2D eigenvalue weighted by Crippen LogP contribution is 2.41. The molecule has 1 heterocycles. The molecule has 2 atom stereocenters. The number of carbonyl (C=O) groups is 1. The molecule has 2 unspecified atom stereocenters. The van der Waals surface area contributed by atoms with Gasteiger partial charge in [0, 0.05) is 12.7 Å². The van der Waals surface area contributed by atoms with Crippen molar-refractivity contribution in [2.75, 3.05) is 7.11 Å². The SMILES string of the molecule is CCCCCC=CC=CC1OC(=O)c2c(O)ccc(O)c2C1OC. The number of phenolic OH excluding ortho intramolecular Hbond substituents is 2. The second-order valence-electron chi connectivity index (χ2n) is 5.73. The van der Waals surface area contributed by atoms with Crippen molar-refractivity contribution in [3.63, 3.8) is 0 Å². The molecule has 1 aromatic carbocycles. The summed E-state index contributed by atoms with van der Waals surface area (Å²) >= 11 is 0. The highest BCUT2D eigenvalue weighted by atomic mass is 16.6. The minimum Gasteiger partial charge on any atom is -0.508 e. The van der Waals surface area contributed by atoms with Gasteiger partial charge in [-0.15, -0.1) is 0 Å². The standard InChI is InChI=1S/C19H24O5/c1-3-4-5-6-7-8-9-10-15-18(23-2)16-13(20)11-12-14(21)17(16)19(22)24-15/h7-12,15,18,20-21H,3-6H2,1-2H3. The van der Waals surface area contributed by atoms with Crippen LogP contribution in [0.3, 0.4) is 0 Å². The Kier molecular flexibility index (Phi) is 6.44. The second kappa shape index (κ2) is 8.55. The van der Waals surface area contributed by atoms with Gasteiger partial charge in [0.1, 0.15) is 23.2 Å². The van der Waals surface area contributed by atoms with Gasteiger partial charge in [-0.3, -0.25) is 0 Å². The summed E-state index contributed by atoms with van der Waals surface area (Å²) in [5.41, 5.74) is 0.219. The van der Waals surface area contributed by atoms with Gasteiger partial charge >= 0.3 is 5.97 Å². The van der Waals surface area contributed by atoms with Crippen LogP contribution in [0.2, 0.25) is 0 Å². The second-order valence-corrected chi connectivity index (χ2v) is 5.73. The average Bonchev–Trinajstić information content (AvgIpc) is 2.57. The van der Waals surface area contributed by atoms with E-state index in [0.717, 1.165) is 12.8 Å². The number of benzene rings is 1. The molecule has 2 N–H and O–H groups in total. The Hall–Kier alpha value is -2.27. The zero-order valence-electron chi connectivity index (χ0n) is 14.1. The maximum Gasteiger partial charge on any atom is 0.343 e. The summed E-state index contributed by atoms with van der Waals surface area (Å²) in [5.74, 6) is -0.999. The highest BCUT2D eigenvalue weighted by molar-refractivity contribution is 5.96. The first-order valence-corrected chi connectivity index (χ1v) is 8.22. The zero-order valence-corrected chi connectivity index (χ0v) is 14.1. The smallest absolute Gasteiger partial charge is 0.343 e. The van der Waals surface area contributed by atoms with Crippen molar-refractivity contribution in [3.8, 4) is 11.5 Å². The van der Waals surface area contributed by atoms with Gasteiger partial charge in [0.05, 0.1) is 0 Å². The lowest BCUT2D eigenvalue weighted by Crippen LogP contribution is -2.32. The fourth-order valence-corrected chi connectivity index (χ4v) is 2.76. The Balaban J connectivity index is 2.15. The van der Waals surface area contributed by atoms with E-state index in [1.165, 1.54) is 32.1 Å². The molecule has 1 aliphatic rings. The van der Waals surface area contributed by atoms with Crippen LogP contribution in [-0.2, 0) is 9.47 Å². The third-order valence-electron chi connectivity index (χ3n) is 4.01. The molecule has 0 fully saturated rings. The van der Waals surface area contributed by atoms with Gasteiger partial charge < -0.3 is 19.7 Å². The van der Waals surface area contributed by atoms with Crippen molar-refractivity contribution in [1.29, 1.82) is 0 Å². The molecule has 1 aliphatic heterocycles. The van der Waals surface area contributed by atoms with E-state index in [1.54, 1.807) is 12.2 Å². The minimum atomic E-state index is -0.673. The molecule has 0 amide bonds. The molecule has 24 heavy (non-hydrogen) atoms. The lowest BCUT2D eigenvalue weighted by Gasteiger charge is -2.30. The van der Waals surface area contributed by atoms with E-state index in [1.807, 2.05) is 6.08 Å². The van der Waals surface area contributed by atoms with Gasteiger partial charge in [0.15, 0.2) is 6.10 Å². The third kappa shape index (κ3) is 3.97. The van der Waals surface area contributed by atoms with Crippen LogP contribution in [0.15, 0.2) is 36.4 Å². The number of rotatable bonds is 7. The van der Waals surface area contributed by atoms with Crippen LogP contribution >= 0.6 is 0 Å². The lowest BCUT2D eigenvalue weighted by molar-refractivity contribution is -0.0291. The van der Waals surface area contributed by atoms with E-state index in [2.05, 4.69) is 13.0 Å². The first kappa shape index (κ1) is 18.1. The number of hydrogen-bond acceptors (Lipinski definition) is 5. The van der Waals surface area contributed by atoms with E-state index >= 15 is 0 Å². The Morgan fingerprint density at radius 1 is 1.21 bits per heavy atom. The molecule has 2 rings (SSSR count). The number of cyclic esters (lactones) is 1. The molecule has 0 radical (unpaired) electrons. The van der Waals surface area contributed by atoms with Gasteiger partial charge in [-0.25, -0.2) is 4.79 Å². The van der Waals surface area contributed by atoms with E-state index < -0.39 is 18.2 Å². The Bertz CT molecular complexity index is 633. The quantitative estimate of drug-likeness (QED) is 0.341. The summed E-state index contributed by atoms with van der Waals surface area (Å²) in [6, 6.07) is 2.60. The largest absolute Gasteiger partial charge is 0.508 e. The van der Waals surface area contributed by atoms with Gasteiger partial charge in [-0.1, -0.05) is 38.0 Å². The van der Waals surface area contributed by atoms with Crippen molar-refractivity contribution in [3.05, 3.63) is 47.6 Å². The Morgan fingerprint density at radius 2 is 1.96 bits per heavy atom. The van der Waals surface area contributed by atoms with Gasteiger partial charge in [-0.2, -0.15) is 0 Å². The molecule has 0 saturated carbocycles. The normalized spacial score (nSPS) is 20.5. The number of carbonyl (C=O) groups excluding carboxylic acids is 1. The number of aromatic hydroxyl groups is 2. The number of fused-ring (bicyclic) bond motifs is 1. The van der Waals surface area contributed by atoms with E-state index in [0.29, 0.717) is 0 Å². The molecule has 5 heteroatoms. The summed E-state index contributed by atoms with van der Waals surface area (Å²) in [4.78, 5) is 12.1. The average molecular weight is 332 g/mol. The molecule has 0 saturated heterocycles. The van der Waals surface area contributed by atoms with Gasteiger partial charge in [-0.05, 0) is 31.1 Å². The first-order valence-electron chi connectivity index (χ1n) is 8.22. The highest BCUT2D eigenvalue weighted by Gasteiger charge is 2.38. The van der Waals surface area contributed by atoms with Gasteiger partial charge in [0.25, 0.3) is 0 Å². The summed E-state index contributed by atoms with van der Waals surface area (Å²) < 4.78 is 10.7. The number of ether oxygens (including phenoxy) is 2. The molecule has 0 aromatic heterocycles. The summed E-state index contributed by atoms with van der Waals surface area (Å²) in [5, 5.41) is 19.9. The van der Waals surface area contributed by atoms with Crippen LogP contribution in [0.4, 0.5) is 0 Å². The molecule has 5 nitrogen and oxygen atoms in total. The summed E-state index contributed by atoms with van der Waals surface area (Å²) in [6.45, 7) is 2.16. The number of methoxy groups -OCH3 is 1. The van der Waals surface area contributed by atoms with Crippen LogP contribution in [0.25, 0.3) is 0 Å². The Morgan fingerprint density at radius 3 is 2.67 bits per heavy atom. The van der Waals surface area contributed by atoms with Crippen LogP contribution in [-0.4, -0.2) is 29.4 Å². The predicted octanol–water partition coefficient (Wildman–Crippen LogP) is 4.02. The fourth-order valence-electron chi connectivity index (χ4n) is 2.76. The molecule has 0 aliphatic carbocycles. The van der Waals surface area contributed by atoms with E-state index in [-0.39, 0.29) is 22.6 Å². The maximum absolute atomic E-state index is 12.1. The maximum atomic E-state index is 12.1. The number of allylic oxidation sites excluding steroid dienone is 3. The number of hydrogen-bond donors (Lipinski definition) is 2. The summed E-state index contributed by atoms with van der Waals surface area (Å²) in [6.07, 6.45) is 10.7. The number of unbranched alkanes of at least 4 members (excludes halogenated alkanes) is 3. The van der Waals surface area contributed by atoms with Crippen molar-refractivity contribution in [1.82, 2.24) is 0 Å². The Labute approximate surface area is 142 Å². The number of phenols is 2. The zero-order chi connectivity index (χ0) is 17.5. The summed E-state index contributed by atoms with van der Waals surface area (Å²) in [7, 11) is 1.47. The van der Waals surface area contributed by atoms with Crippen molar-refractivity contribution in [2.45, 2.75) is 44.8 Å². The predicted molar refractivity (Wildman–Crippen MR) is 91.1 cm³/mol. The lowest BCUT2D eigenvalue weighted by atomic mass is 9.93. The number of esters is 1. The third-order valence-corrected chi connectivity index (χ3v) is 4.01. The topological polar surface area (TPSA) is 76.0 Å². The van der Waals surface area contributed by atoms with Crippen LogP contribution in [0.1, 0.15) is 54.6 Å². The monoisotopic (exact) mass is 332 g/mol. The molecule has 130 valence electrons. The van der Waals surface area contributed by atoms with Crippen LogP contribution in [0, 0.1) is 0 Å². The molecule has 0 spiro atoms. The van der Waals surface area contributed by atoms with Crippen LogP contribution in [0.5, 0.6) is 11.5 Å². The van der Waals surface area contributed by atoms with E-state index in [4.69, 9.17) is 9.47 Å². The van der Waals surface area contributed by atoms with E-state index in [9.17, 15) is 15.0 Å². The van der Waals surface area contributed by atoms with Gasteiger partial charge in [0.2, 0.25) is 0 Å².